The van der Waals surface area contributed by atoms with E-state index in [1.165, 1.54) is 0 Å². The molecule has 0 saturated carbocycles. The summed E-state index contributed by atoms with van der Waals surface area (Å²) in [4.78, 5) is 34.3. The predicted octanol–water partition coefficient (Wildman–Crippen LogP) is 1.81. The van der Waals surface area contributed by atoms with E-state index in [9.17, 15) is 9.59 Å². The molecule has 0 aliphatic carbocycles. The highest BCUT2D eigenvalue weighted by Crippen LogP contribution is 2.14. The molecule has 4 aromatic heterocycles. The summed E-state index contributed by atoms with van der Waals surface area (Å²) in [5.41, 5.74) is 2.99. The van der Waals surface area contributed by atoms with Crippen molar-refractivity contribution in [2.75, 3.05) is 0 Å². The number of pyridine rings is 3. The largest absolute Gasteiger partial charge is 0.346 e. The van der Waals surface area contributed by atoms with Crippen LogP contribution >= 0.6 is 0 Å². The minimum absolute atomic E-state index is 0.197. The van der Waals surface area contributed by atoms with Crippen LogP contribution in [-0.2, 0) is 20.1 Å². The van der Waals surface area contributed by atoms with Gasteiger partial charge in [0.25, 0.3) is 11.5 Å². The second-order valence-electron chi connectivity index (χ2n) is 6.83. The fourth-order valence-electron chi connectivity index (χ4n) is 3.18. The summed E-state index contributed by atoms with van der Waals surface area (Å²) in [7, 11) is 1.83. The van der Waals surface area contributed by atoms with E-state index in [1.807, 2.05) is 31.4 Å². The number of hydrogen-bond donors (Lipinski definition) is 1. The van der Waals surface area contributed by atoms with Crippen LogP contribution in [-0.4, -0.2) is 30.2 Å². The topological polar surface area (TPSA) is 94.7 Å². The van der Waals surface area contributed by atoms with Gasteiger partial charge in [0.05, 0.1) is 47.1 Å². The van der Waals surface area contributed by atoms with Crippen molar-refractivity contribution in [2.24, 2.45) is 7.05 Å². The van der Waals surface area contributed by atoms with Gasteiger partial charge in [0, 0.05) is 31.2 Å². The first-order valence-corrected chi connectivity index (χ1v) is 9.17. The zero-order chi connectivity index (χ0) is 20.4. The van der Waals surface area contributed by atoms with Gasteiger partial charge in [-0.15, -0.1) is 0 Å². The summed E-state index contributed by atoms with van der Waals surface area (Å²) in [5, 5.41) is 7.37. The van der Waals surface area contributed by atoms with Crippen LogP contribution in [0.15, 0.2) is 59.9 Å². The Balaban J connectivity index is 1.64. The van der Waals surface area contributed by atoms with E-state index in [0.717, 1.165) is 11.3 Å². The predicted molar refractivity (Wildman–Crippen MR) is 108 cm³/mol. The maximum Gasteiger partial charge on any atom is 0.260 e. The van der Waals surface area contributed by atoms with Gasteiger partial charge in [-0.2, -0.15) is 5.10 Å². The van der Waals surface area contributed by atoms with Crippen LogP contribution in [0.5, 0.6) is 0 Å². The molecular formula is C21H20N6O2. The van der Waals surface area contributed by atoms with Crippen molar-refractivity contribution in [1.29, 1.82) is 0 Å². The third-order valence-corrected chi connectivity index (χ3v) is 4.66. The van der Waals surface area contributed by atoms with Gasteiger partial charge < -0.3 is 9.88 Å². The molecule has 8 nitrogen and oxygen atoms in total. The fraction of sp³-hybridized carbons (Fsp3) is 0.190. The number of fused-ring (bicyclic) bond motifs is 1. The highest BCUT2D eigenvalue weighted by Gasteiger charge is 2.14. The van der Waals surface area contributed by atoms with E-state index in [0.29, 0.717) is 35.2 Å². The van der Waals surface area contributed by atoms with Crippen LogP contribution < -0.4 is 10.9 Å². The third-order valence-electron chi connectivity index (χ3n) is 4.66. The van der Waals surface area contributed by atoms with Gasteiger partial charge in [-0.1, -0.05) is 6.07 Å². The highest BCUT2D eigenvalue weighted by molar-refractivity contribution is 5.98. The lowest BCUT2D eigenvalue weighted by Crippen LogP contribution is -2.25. The van der Waals surface area contributed by atoms with Crippen LogP contribution in [0.25, 0.3) is 10.9 Å². The molecule has 146 valence electrons. The van der Waals surface area contributed by atoms with Crippen LogP contribution in [0.4, 0.5) is 0 Å². The smallest absolute Gasteiger partial charge is 0.260 e. The molecule has 0 radical (unpaired) electrons. The standard InChI is InChI=1S/C21H20N6O2/c1-14-17(20(28)23-11-16-5-3-4-7-22-16)9-18-19(25-14)6-8-27(21(18)29)13-15-10-24-26(2)12-15/h3-10,12H,11,13H2,1-2H3,(H,23,28). The number of carbonyl (C=O) groups excluding carboxylic acids is 1. The Labute approximate surface area is 166 Å². The number of aryl methyl sites for hydroxylation is 2. The minimum Gasteiger partial charge on any atom is -0.346 e. The summed E-state index contributed by atoms with van der Waals surface area (Å²) in [5.74, 6) is -0.287. The van der Waals surface area contributed by atoms with Crippen molar-refractivity contribution < 1.29 is 4.79 Å². The number of amides is 1. The molecule has 8 heteroatoms. The summed E-state index contributed by atoms with van der Waals surface area (Å²) in [6, 6.07) is 8.92. The average molecular weight is 388 g/mol. The van der Waals surface area contributed by atoms with Gasteiger partial charge in [0.15, 0.2) is 0 Å². The van der Waals surface area contributed by atoms with E-state index < -0.39 is 0 Å². The van der Waals surface area contributed by atoms with E-state index in [4.69, 9.17) is 0 Å². The molecule has 0 fully saturated rings. The van der Waals surface area contributed by atoms with Crippen LogP contribution in [0, 0.1) is 6.92 Å². The van der Waals surface area contributed by atoms with Gasteiger partial charge in [-0.25, -0.2) is 0 Å². The van der Waals surface area contributed by atoms with Gasteiger partial charge in [-0.05, 0) is 31.2 Å². The summed E-state index contributed by atoms with van der Waals surface area (Å²) in [6.07, 6.45) is 6.97. The molecule has 0 aromatic carbocycles. The minimum atomic E-state index is -0.287. The molecule has 0 bridgehead atoms. The average Bonchev–Trinajstić information content (AvgIpc) is 3.13. The number of hydrogen-bond acceptors (Lipinski definition) is 5. The van der Waals surface area contributed by atoms with Gasteiger partial charge >= 0.3 is 0 Å². The van der Waals surface area contributed by atoms with E-state index in [-0.39, 0.29) is 11.5 Å². The Bertz CT molecular complexity index is 1240. The monoisotopic (exact) mass is 388 g/mol. The molecule has 0 aliphatic heterocycles. The number of nitrogens with zero attached hydrogens (tertiary/aromatic N) is 5. The molecule has 4 aromatic rings. The fourth-order valence-corrected chi connectivity index (χ4v) is 3.18. The lowest BCUT2D eigenvalue weighted by atomic mass is 10.1. The Morgan fingerprint density at radius 1 is 1.24 bits per heavy atom. The molecule has 29 heavy (non-hydrogen) atoms. The maximum absolute atomic E-state index is 13.0. The number of carbonyl (C=O) groups is 1. The second-order valence-corrected chi connectivity index (χ2v) is 6.83. The normalized spacial score (nSPS) is 11.0. The molecule has 1 amide bonds. The molecule has 0 unspecified atom stereocenters. The Hall–Kier alpha value is -3.81. The highest BCUT2D eigenvalue weighted by atomic mass is 16.1. The molecule has 4 heterocycles. The second kappa shape index (κ2) is 7.67. The molecule has 0 atom stereocenters. The van der Waals surface area contributed by atoms with E-state index in [1.54, 1.807) is 46.9 Å². The summed E-state index contributed by atoms with van der Waals surface area (Å²) < 4.78 is 3.28. The Kier molecular flexibility index (Phi) is 4.90. The van der Waals surface area contributed by atoms with Gasteiger partial charge in [-0.3, -0.25) is 24.2 Å². The van der Waals surface area contributed by atoms with Crippen LogP contribution in [0.1, 0.15) is 27.3 Å². The molecule has 0 spiro atoms. The lowest BCUT2D eigenvalue weighted by molar-refractivity contribution is 0.0949. The van der Waals surface area contributed by atoms with Crippen molar-refractivity contribution in [3.63, 3.8) is 0 Å². The molecule has 1 N–H and O–H groups in total. The maximum atomic E-state index is 13.0. The molecule has 0 aliphatic rings. The van der Waals surface area contributed by atoms with Crippen molar-refractivity contribution in [1.82, 2.24) is 29.6 Å². The summed E-state index contributed by atoms with van der Waals surface area (Å²) in [6.45, 7) is 2.46. The molecule has 0 saturated heterocycles. The molecule has 4 rings (SSSR count). The molecular weight excluding hydrogens is 368 g/mol. The lowest BCUT2D eigenvalue weighted by Gasteiger charge is -2.10. The zero-order valence-corrected chi connectivity index (χ0v) is 16.2. The van der Waals surface area contributed by atoms with Gasteiger partial charge in [0.1, 0.15) is 0 Å². The first kappa shape index (κ1) is 18.5. The van der Waals surface area contributed by atoms with Crippen molar-refractivity contribution in [3.8, 4) is 0 Å². The number of nitrogens with one attached hydrogen (secondary N) is 1. The number of aromatic nitrogens is 5. The van der Waals surface area contributed by atoms with Gasteiger partial charge in [0.2, 0.25) is 0 Å². The zero-order valence-electron chi connectivity index (χ0n) is 16.2. The van der Waals surface area contributed by atoms with Crippen molar-refractivity contribution in [3.05, 3.63) is 88.0 Å². The van der Waals surface area contributed by atoms with Crippen molar-refractivity contribution >= 4 is 16.8 Å². The first-order chi connectivity index (χ1) is 14.0. The summed E-state index contributed by atoms with van der Waals surface area (Å²) >= 11 is 0. The van der Waals surface area contributed by atoms with Crippen LogP contribution in [0.3, 0.4) is 0 Å². The van der Waals surface area contributed by atoms with Crippen molar-refractivity contribution in [2.45, 2.75) is 20.0 Å². The van der Waals surface area contributed by atoms with Crippen LogP contribution in [0.2, 0.25) is 0 Å². The van der Waals surface area contributed by atoms with E-state index >= 15 is 0 Å². The Morgan fingerprint density at radius 2 is 2.10 bits per heavy atom. The Morgan fingerprint density at radius 3 is 2.83 bits per heavy atom. The quantitative estimate of drug-likeness (QED) is 0.563. The first-order valence-electron chi connectivity index (χ1n) is 9.17. The number of rotatable bonds is 5. The van der Waals surface area contributed by atoms with E-state index in [2.05, 4.69) is 20.4 Å². The third kappa shape index (κ3) is 3.91. The SMILES string of the molecule is Cc1nc2ccn(Cc3cnn(C)c3)c(=O)c2cc1C(=O)NCc1ccccn1.